The van der Waals surface area contributed by atoms with Crippen molar-refractivity contribution in [2.75, 3.05) is 54.1 Å². The van der Waals surface area contributed by atoms with Crippen molar-refractivity contribution in [2.45, 2.75) is 6.92 Å². The van der Waals surface area contributed by atoms with Crippen molar-refractivity contribution >= 4 is 17.5 Å². The van der Waals surface area contributed by atoms with Crippen LogP contribution in [0.2, 0.25) is 0 Å². The van der Waals surface area contributed by atoms with E-state index in [4.69, 9.17) is 18.9 Å². The first kappa shape index (κ1) is 24.6. The third-order valence-electron chi connectivity index (χ3n) is 5.50. The van der Waals surface area contributed by atoms with Crippen LogP contribution in [-0.4, -0.2) is 80.7 Å². The van der Waals surface area contributed by atoms with Gasteiger partial charge in [0.1, 0.15) is 17.1 Å². The van der Waals surface area contributed by atoms with Gasteiger partial charge in [-0.15, -0.1) is 0 Å². The number of benzene rings is 2. The number of rotatable bonds is 8. The van der Waals surface area contributed by atoms with Crippen LogP contribution in [0.4, 0.5) is 5.69 Å². The molecule has 0 atom stereocenters. The lowest BCUT2D eigenvalue weighted by Crippen LogP contribution is -2.50. The number of nitrogens with zero attached hydrogens (tertiary/aromatic N) is 3. The maximum Gasteiger partial charge on any atom is 0.286 e. The molecule has 2 aromatic carbocycles. The van der Waals surface area contributed by atoms with Gasteiger partial charge in [0.2, 0.25) is 0 Å². The molecule has 2 amide bonds. The molecule has 1 aliphatic heterocycles. The van der Waals surface area contributed by atoms with Gasteiger partial charge < -0.3 is 28.7 Å². The maximum absolute atomic E-state index is 13.2. The van der Waals surface area contributed by atoms with Gasteiger partial charge in [-0.05, 0) is 19.1 Å². The van der Waals surface area contributed by atoms with Crippen molar-refractivity contribution in [1.82, 2.24) is 9.80 Å². The number of amides is 2. The molecule has 1 heterocycles. The molecule has 0 aliphatic carbocycles. The quantitative estimate of drug-likeness (QED) is 0.424. The van der Waals surface area contributed by atoms with Crippen molar-refractivity contribution in [3.8, 4) is 23.0 Å². The lowest BCUT2D eigenvalue weighted by molar-refractivity contribution is -0.385. The number of carbonyl (C=O) groups is 2. The predicted molar refractivity (Wildman–Crippen MR) is 122 cm³/mol. The minimum absolute atomic E-state index is 0.0918. The van der Waals surface area contributed by atoms with Gasteiger partial charge in [-0.25, -0.2) is 0 Å². The summed E-state index contributed by atoms with van der Waals surface area (Å²) in [5, 5.41) is 11.6. The highest BCUT2D eigenvalue weighted by Gasteiger charge is 2.31. The highest BCUT2D eigenvalue weighted by molar-refractivity contribution is 6.00. The maximum atomic E-state index is 13.2. The molecule has 1 fully saturated rings. The predicted octanol–water partition coefficient (Wildman–Crippen LogP) is 2.62. The second-order valence-electron chi connectivity index (χ2n) is 7.36. The van der Waals surface area contributed by atoms with Crippen LogP contribution in [-0.2, 0) is 0 Å². The first-order valence-electron chi connectivity index (χ1n) is 10.6. The van der Waals surface area contributed by atoms with E-state index in [1.54, 1.807) is 30.0 Å². The molecule has 0 bridgehead atoms. The molecule has 182 valence electrons. The molecular weight excluding hydrogens is 446 g/mol. The fourth-order valence-electron chi connectivity index (χ4n) is 3.73. The number of nitro groups is 1. The zero-order valence-corrected chi connectivity index (χ0v) is 19.5. The second kappa shape index (κ2) is 10.7. The SMILES string of the molecule is CCOc1cc(C(=O)N2CCN(C(=O)c3ccc(OC)cc3OC)CC2)c([N+](=O)[O-])cc1OC. The third-order valence-corrected chi connectivity index (χ3v) is 5.50. The van der Waals surface area contributed by atoms with E-state index < -0.39 is 10.8 Å². The molecule has 3 rings (SSSR count). The van der Waals surface area contributed by atoms with E-state index in [1.807, 2.05) is 0 Å². The standard InChI is InChI=1S/C23H27N3O8/c1-5-34-21-13-17(18(26(29)30)14-20(21)33-4)23(28)25-10-8-24(9-11-25)22(27)16-7-6-15(31-2)12-19(16)32-3/h6-7,12-14H,5,8-11H2,1-4H3. The second-order valence-corrected chi connectivity index (χ2v) is 7.36. The summed E-state index contributed by atoms with van der Waals surface area (Å²) >= 11 is 0. The third kappa shape index (κ3) is 4.98. The van der Waals surface area contributed by atoms with Crippen molar-refractivity contribution in [3.05, 3.63) is 51.6 Å². The number of carbonyl (C=O) groups excluding carboxylic acids is 2. The molecule has 0 radical (unpaired) electrons. The van der Waals surface area contributed by atoms with E-state index in [0.29, 0.717) is 23.7 Å². The minimum Gasteiger partial charge on any atom is -0.497 e. The molecule has 0 spiro atoms. The number of methoxy groups -OCH3 is 3. The average molecular weight is 473 g/mol. The van der Waals surface area contributed by atoms with E-state index in [2.05, 4.69) is 0 Å². The lowest BCUT2D eigenvalue weighted by Gasteiger charge is -2.35. The zero-order valence-electron chi connectivity index (χ0n) is 19.5. The summed E-state index contributed by atoms with van der Waals surface area (Å²) in [6.45, 7) is 3.03. The molecule has 11 nitrogen and oxygen atoms in total. The van der Waals surface area contributed by atoms with Crippen molar-refractivity contribution < 1.29 is 33.5 Å². The van der Waals surface area contributed by atoms with E-state index in [-0.39, 0.29) is 54.8 Å². The molecular formula is C23H27N3O8. The van der Waals surface area contributed by atoms with E-state index in [0.717, 1.165) is 0 Å². The Hall–Kier alpha value is -4.02. The van der Waals surface area contributed by atoms with Gasteiger partial charge in [-0.2, -0.15) is 0 Å². The van der Waals surface area contributed by atoms with Crippen LogP contribution in [0.1, 0.15) is 27.6 Å². The Morgan fingerprint density at radius 3 is 1.94 bits per heavy atom. The van der Waals surface area contributed by atoms with Crippen LogP contribution < -0.4 is 18.9 Å². The van der Waals surface area contributed by atoms with Crippen LogP contribution in [0.15, 0.2) is 30.3 Å². The fraction of sp³-hybridized carbons (Fsp3) is 0.391. The lowest BCUT2D eigenvalue weighted by atomic mass is 10.1. The summed E-state index contributed by atoms with van der Waals surface area (Å²) < 4.78 is 21.1. The normalized spacial score (nSPS) is 13.3. The first-order valence-corrected chi connectivity index (χ1v) is 10.6. The number of piperazine rings is 1. The van der Waals surface area contributed by atoms with Gasteiger partial charge in [0.15, 0.2) is 11.5 Å². The molecule has 2 aromatic rings. The average Bonchev–Trinajstić information content (AvgIpc) is 2.87. The monoisotopic (exact) mass is 473 g/mol. The Labute approximate surface area is 196 Å². The van der Waals surface area contributed by atoms with Crippen LogP contribution >= 0.6 is 0 Å². The number of hydrogen-bond donors (Lipinski definition) is 0. The number of hydrogen-bond acceptors (Lipinski definition) is 8. The van der Waals surface area contributed by atoms with E-state index in [1.165, 1.54) is 38.4 Å². The van der Waals surface area contributed by atoms with Gasteiger partial charge in [0, 0.05) is 38.3 Å². The summed E-state index contributed by atoms with van der Waals surface area (Å²) in [4.78, 5) is 40.3. The Bertz CT molecular complexity index is 1080. The Balaban J connectivity index is 1.78. The topological polar surface area (TPSA) is 121 Å². The smallest absolute Gasteiger partial charge is 0.286 e. The van der Waals surface area contributed by atoms with Crippen molar-refractivity contribution in [1.29, 1.82) is 0 Å². The summed E-state index contributed by atoms with van der Waals surface area (Å²) in [6.07, 6.45) is 0. The molecule has 0 aromatic heterocycles. The summed E-state index contributed by atoms with van der Waals surface area (Å²) in [6, 6.07) is 7.46. The molecule has 1 aliphatic rings. The van der Waals surface area contributed by atoms with E-state index >= 15 is 0 Å². The van der Waals surface area contributed by atoms with Gasteiger partial charge >= 0.3 is 0 Å². The minimum atomic E-state index is -0.624. The fourth-order valence-corrected chi connectivity index (χ4v) is 3.73. The van der Waals surface area contributed by atoms with Crippen LogP contribution in [0.5, 0.6) is 23.0 Å². The van der Waals surface area contributed by atoms with Crippen LogP contribution in [0, 0.1) is 10.1 Å². The molecule has 1 saturated heterocycles. The van der Waals surface area contributed by atoms with Crippen LogP contribution in [0.3, 0.4) is 0 Å². The van der Waals surface area contributed by atoms with Crippen molar-refractivity contribution in [2.24, 2.45) is 0 Å². The molecule has 0 N–H and O–H groups in total. The summed E-state index contributed by atoms with van der Waals surface area (Å²) in [7, 11) is 4.37. The first-order chi connectivity index (χ1) is 16.3. The van der Waals surface area contributed by atoms with E-state index in [9.17, 15) is 19.7 Å². The molecule has 34 heavy (non-hydrogen) atoms. The summed E-state index contributed by atoms with van der Waals surface area (Å²) in [5.74, 6) is 0.634. The largest absolute Gasteiger partial charge is 0.497 e. The van der Waals surface area contributed by atoms with Gasteiger partial charge in [-0.3, -0.25) is 19.7 Å². The number of ether oxygens (including phenoxy) is 4. The molecule has 0 saturated carbocycles. The highest BCUT2D eigenvalue weighted by atomic mass is 16.6. The summed E-state index contributed by atoms with van der Waals surface area (Å²) in [5.41, 5.74) is -0.0761. The van der Waals surface area contributed by atoms with Crippen molar-refractivity contribution in [3.63, 3.8) is 0 Å². The Morgan fingerprint density at radius 1 is 0.853 bits per heavy atom. The molecule has 11 heteroatoms. The zero-order chi connectivity index (χ0) is 24.8. The van der Waals surface area contributed by atoms with Gasteiger partial charge in [0.05, 0.1) is 44.5 Å². The molecule has 0 unspecified atom stereocenters. The number of nitro benzene ring substituents is 1. The Kier molecular flexibility index (Phi) is 7.77. The van der Waals surface area contributed by atoms with Gasteiger partial charge in [0.25, 0.3) is 17.5 Å². The van der Waals surface area contributed by atoms with Crippen LogP contribution in [0.25, 0.3) is 0 Å². The highest BCUT2D eigenvalue weighted by Crippen LogP contribution is 2.35. The van der Waals surface area contributed by atoms with Gasteiger partial charge in [-0.1, -0.05) is 0 Å². The Morgan fingerprint density at radius 2 is 1.44 bits per heavy atom.